The lowest BCUT2D eigenvalue weighted by Crippen LogP contribution is -2.30. The smallest absolute Gasteiger partial charge is 0.244 e. The average molecular weight is 290 g/mol. The summed E-state index contributed by atoms with van der Waals surface area (Å²) in [6, 6.07) is 5.11. The van der Waals surface area contributed by atoms with Gasteiger partial charge in [0.1, 0.15) is 18.7 Å². The Bertz CT molecular complexity index is 598. The number of hydrogen-bond acceptors (Lipinski definition) is 5. The van der Waals surface area contributed by atoms with Gasteiger partial charge in [0.2, 0.25) is 5.91 Å². The van der Waals surface area contributed by atoms with E-state index in [2.05, 4.69) is 15.4 Å². The maximum absolute atomic E-state index is 12.0. The summed E-state index contributed by atoms with van der Waals surface area (Å²) in [5.41, 5.74) is 0.923. The molecule has 0 fully saturated rings. The van der Waals surface area contributed by atoms with Gasteiger partial charge in [-0.15, -0.1) is 0 Å². The SMILES string of the molecule is COc1ccc(CNC(=O)C(C)n2cncn2)cc1OC. The summed E-state index contributed by atoms with van der Waals surface area (Å²) < 4.78 is 11.9. The van der Waals surface area contributed by atoms with Gasteiger partial charge in [0.25, 0.3) is 0 Å². The summed E-state index contributed by atoms with van der Waals surface area (Å²) in [6.07, 6.45) is 2.92. The number of benzene rings is 1. The molecular formula is C14H18N4O3. The predicted molar refractivity (Wildman–Crippen MR) is 76.1 cm³/mol. The van der Waals surface area contributed by atoms with E-state index in [1.165, 1.54) is 17.3 Å². The Morgan fingerprint density at radius 3 is 2.71 bits per heavy atom. The zero-order valence-electron chi connectivity index (χ0n) is 12.2. The van der Waals surface area contributed by atoms with Crippen molar-refractivity contribution in [2.75, 3.05) is 14.2 Å². The first-order valence-corrected chi connectivity index (χ1v) is 6.48. The molecular weight excluding hydrogens is 272 g/mol. The Morgan fingerprint density at radius 1 is 1.33 bits per heavy atom. The molecule has 1 heterocycles. The first kappa shape index (κ1) is 14.8. The minimum Gasteiger partial charge on any atom is -0.493 e. The van der Waals surface area contributed by atoms with E-state index < -0.39 is 6.04 Å². The van der Waals surface area contributed by atoms with Crippen LogP contribution in [-0.4, -0.2) is 34.9 Å². The summed E-state index contributed by atoms with van der Waals surface area (Å²) >= 11 is 0. The molecule has 7 heteroatoms. The molecule has 1 aromatic carbocycles. The predicted octanol–water partition coefficient (Wildman–Crippen LogP) is 1.17. The Hall–Kier alpha value is -2.57. The third-order valence-corrected chi connectivity index (χ3v) is 3.13. The maximum Gasteiger partial charge on any atom is 0.244 e. The topological polar surface area (TPSA) is 78.3 Å². The summed E-state index contributed by atoms with van der Waals surface area (Å²) in [5, 5.41) is 6.80. The van der Waals surface area contributed by atoms with Gasteiger partial charge in [-0.2, -0.15) is 5.10 Å². The van der Waals surface area contributed by atoms with E-state index in [4.69, 9.17) is 9.47 Å². The van der Waals surface area contributed by atoms with Crippen molar-refractivity contribution in [2.45, 2.75) is 19.5 Å². The molecule has 0 aliphatic rings. The molecule has 112 valence electrons. The van der Waals surface area contributed by atoms with Crippen LogP contribution in [0.4, 0.5) is 0 Å². The van der Waals surface area contributed by atoms with Crippen molar-refractivity contribution in [1.82, 2.24) is 20.1 Å². The van der Waals surface area contributed by atoms with Gasteiger partial charge >= 0.3 is 0 Å². The lowest BCUT2D eigenvalue weighted by molar-refractivity contribution is -0.124. The lowest BCUT2D eigenvalue weighted by atomic mass is 10.2. The second-order valence-corrected chi connectivity index (χ2v) is 4.46. The number of carbonyl (C=O) groups excluding carboxylic acids is 1. The number of ether oxygens (including phenoxy) is 2. The second kappa shape index (κ2) is 6.74. The minimum atomic E-state index is -0.410. The molecule has 0 saturated heterocycles. The molecule has 1 amide bonds. The van der Waals surface area contributed by atoms with Crippen molar-refractivity contribution >= 4 is 5.91 Å². The van der Waals surface area contributed by atoms with E-state index in [0.29, 0.717) is 18.0 Å². The molecule has 2 rings (SSSR count). The molecule has 0 aliphatic carbocycles. The molecule has 1 aromatic heterocycles. The van der Waals surface area contributed by atoms with Crippen LogP contribution in [0, 0.1) is 0 Å². The Balaban J connectivity index is 1.98. The van der Waals surface area contributed by atoms with Gasteiger partial charge in [-0.05, 0) is 24.6 Å². The molecule has 1 unspecified atom stereocenters. The molecule has 0 radical (unpaired) electrons. The van der Waals surface area contributed by atoms with Crippen LogP contribution in [0.2, 0.25) is 0 Å². The number of rotatable bonds is 6. The summed E-state index contributed by atoms with van der Waals surface area (Å²) in [7, 11) is 3.16. The van der Waals surface area contributed by atoms with Crippen LogP contribution in [0.1, 0.15) is 18.5 Å². The van der Waals surface area contributed by atoms with Gasteiger partial charge in [-0.1, -0.05) is 6.07 Å². The zero-order valence-corrected chi connectivity index (χ0v) is 12.2. The highest BCUT2D eigenvalue weighted by Gasteiger charge is 2.15. The van der Waals surface area contributed by atoms with Gasteiger partial charge in [-0.25, -0.2) is 9.67 Å². The lowest BCUT2D eigenvalue weighted by Gasteiger charge is -2.13. The minimum absolute atomic E-state index is 0.129. The van der Waals surface area contributed by atoms with Crippen molar-refractivity contribution in [2.24, 2.45) is 0 Å². The third kappa shape index (κ3) is 3.50. The van der Waals surface area contributed by atoms with Crippen LogP contribution < -0.4 is 14.8 Å². The van der Waals surface area contributed by atoms with Gasteiger partial charge in [0, 0.05) is 6.54 Å². The number of nitrogens with zero attached hydrogens (tertiary/aromatic N) is 3. The normalized spacial score (nSPS) is 11.8. The monoisotopic (exact) mass is 290 g/mol. The van der Waals surface area contributed by atoms with Gasteiger partial charge in [0.15, 0.2) is 11.5 Å². The van der Waals surface area contributed by atoms with E-state index in [-0.39, 0.29) is 5.91 Å². The summed E-state index contributed by atoms with van der Waals surface area (Å²) in [4.78, 5) is 15.9. The first-order valence-electron chi connectivity index (χ1n) is 6.48. The number of hydrogen-bond donors (Lipinski definition) is 1. The highest BCUT2D eigenvalue weighted by molar-refractivity contribution is 5.79. The molecule has 1 atom stereocenters. The fourth-order valence-corrected chi connectivity index (χ4v) is 1.86. The number of carbonyl (C=O) groups is 1. The molecule has 0 aliphatic heterocycles. The van der Waals surface area contributed by atoms with Gasteiger partial charge < -0.3 is 14.8 Å². The molecule has 0 bridgehead atoms. The van der Waals surface area contributed by atoms with Crippen molar-refractivity contribution in [3.8, 4) is 11.5 Å². The van der Waals surface area contributed by atoms with E-state index in [1.807, 2.05) is 12.1 Å². The molecule has 2 aromatic rings. The second-order valence-electron chi connectivity index (χ2n) is 4.46. The fraction of sp³-hybridized carbons (Fsp3) is 0.357. The summed E-state index contributed by atoms with van der Waals surface area (Å²) in [6.45, 7) is 2.16. The maximum atomic E-state index is 12.0. The van der Waals surface area contributed by atoms with E-state index in [1.54, 1.807) is 27.2 Å². The first-order chi connectivity index (χ1) is 10.2. The van der Waals surface area contributed by atoms with Crippen molar-refractivity contribution in [3.63, 3.8) is 0 Å². The zero-order chi connectivity index (χ0) is 15.2. The fourth-order valence-electron chi connectivity index (χ4n) is 1.86. The van der Waals surface area contributed by atoms with Crippen LogP contribution in [-0.2, 0) is 11.3 Å². The van der Waals surface area contributed by atoms with Gasteiger partial charge in [-0.3, -0.25) is 4.79 Å². The number of amides is 1. The quantitative estimate of drug-likeness (QED) is 0.864. The standard InChI is InChI=1S/C14H18N4O3/c1-10(18-9-15-8-17-18)14(19)16-7-11-4-5-12(20-2)13(6-11)21-3/h4-6,8-10H,7H2,1-3H3,(H,16,19). The number of methoxy groups -OCH3 is 2. The van der Waals surface area contributed by atoms with Crippen molar-refractivity contribution in [1.29, 1.82) is 0 Å². The highest BCUT2D eigenvalue weighted by Crippen LogP contribution is 2.27. The number of aromatic nitrogens is 3. The molecule has 1 N–H and O–H groups in total. The van der Waals surface area contributed by atoms with Crippen LogP contribution in [0.25, 0.3) is 0 Å². The highest BCUT2D eigenvalue weighted by atomic mass is 16.5. The third-order valence-electron chi connectivity index (χ3n) is 3.13. The van der Waals surface area contributed by atoms with E-state index >= 15 is 0 Å². The van der Waals surface area contributed by atoms with Crippen molar-refractivity contribution < 1.29 is 14.3 Å². The largest absolute Gasteiger partial charge is 0.493 e. The van der Waals surface area contributed by atoms with Gasteiger partial charge in [0.05, 0.1) is 14.2 Å². The molecule has 21 heavy (non-hydrogen) atoms. The van der Waals surface area contributed by atoms with E-state index in [0.717, 1.165) is 5.56 Å². The summed E-state index contributed by atoms with van der Waals surface area (Å²) in [5.74, 6) is 1.16. The molecule has 0 saturated carbocycles. The Labute approximate surface area is 122 Å². The average Bonchev–Trinajstić information content (AvgIpc) is 3.05. The van der Waals surface area contributed by atoms with Crippen LogP contribution in [0.3, 0.4) is 0 Å². The number of nitrogens with one attached hydrogen (secondary N) is 1. The van der Waals surface area contributed by atoms with Crippen LogP contribution in [0.5, 0.6) is 11.5 Å². The van der Waals surface area contributed by atoms with E-state index in [9.17, 15) is 4.79 Å². The Kier molecular flexibility index (Phi) is 4.76. The van der Waals surface area contributed by atoms with Crippen molar-refractivity contribution in [3.05, 3.63) is 36.4 Å². The molecule has 0 spiro atoms. The van der Waals surface area contributed by atoms with Crippen LogP contribution >= 0.6 is 0 Å². The van der Waals surface area contributed by atoms with Crippen LogP contribution in [0.15, 0.2) is 30.9 Å². The Morgan fingerprint density at radius 2 is 2.10 bits per heavy atom. The molecule has 7 nitrogen and oxygen atoms in total.